The summed E-state index contributed by atoms with van der Waals surface area (Å²) in [5, 5.41) is 13.1. The summed E-state index contributed by atoms with van der Waals surface area (Å²) in [4.78, 5) is 10.7. The number of fused-ring (bicyclic) bond motifs is 9. The van der Waals surface area contributed by atoms with Gasteiger partial charge in [0.15, 0.2) is 5.84 Å². The smallest absolute Gasteiger partial charge is 0.160 e. The molecule has 12 rings (SSSR count). The van der Waals surface area contributed by atoms with E-state index < -0.39 is 0 Å². The highest BCUT2D eigenvalue weighted by Gasteiger charge is 2.25. The largest absolute Gasteiger partial charge is 0.455 e. The maximum absolute atomic E-state index is 6.91. The number of hydrogen-bond acceptors (Lipinski definition) is 5. The number of furan rings is 1. The van der Waals surface area contributed by atoms with Crippen LogP contribution in [-0.4, -0.2) is 11.7 Å². The van der Waals surface area contributed by atoms with E-state index in [-0.39, 0.29) is 6.17 Å². The van der Waals surface area contributed by atoms with Crippen LogP contribution in [0.3, 0.4) is 0 Å². The zero-order chi connectivity index (χ0) is 38.2. The minimum absolute atomic E-state index is 0.360. The van der Waals surface area contributed by atoms with Crippen LogP contribution in [0.4, 0.5) is 0 Å². The Hall–Kier alpha value is -7.34. The zero-order valence-corrected chi connectivity index (χ0v) is 32.0. The predicted octanol–water partition coefficient (Wildman–Crippen LogP) is 14.1. The van der Waals surface area contributed by atoms with Crippen LogP contribution in [0.2, 0.25) is 0 Å². The third kappa shape index (κ3) is 5.28. The molecule has 0 spiro atoms. The lowest BCUT2D eigenvalue weighted by atomic mass is 9.94. The molecule has 4 nitrogen and oxygen atoms in total. The molecule has 1 aliphatic heterocycles. The molecule has 9 aromatic carbocycles. The Morgan fingerprint density at radius 3 is 2.05 bits per heavy atom. The molecular formula is C53H33N3OS. The van der Waals surface area contributed by atoms with Gasteiger partial charge in [0.05, 0.1) is 0 Å². The third-order valence-electron chi connectivity index (χ3n) is 11.5. The topological polar surface area (TPSA) is 49.9 Å². The summed E-state index contributed by atoms with van der Waals surface area (Å²) >= 11 is 1.86. The summed E-state index contributed by atoms with van der Waals surface area (Å²) in [6.07, 6.45) is -0.360. The number of nitrogens with zero attached hydrogens (tertiary/aromatic N) is 2. The molecule has 0 fully saturated rings. The second kappa shape index (κ2) is 13.1. The number of amidine groups is 2. The van der Waals surface area contributed by atoms with Gasteiger partial charge in [-0.3, -0.25) is 0 Å². The highest BCUT2D eigenvalue weighted by molar-refractivity contribution is 7.26. The summed E-state index contributed by atoms with van der Waals surface area (Å²) in [6, 6.07) is 66.7. The van der Waals surface area contributed by atoms with E-state index in [1.165, 1.54) is 41.9 Å². The lowest BCUT2D eigenvalue weighted by Gasteiger charge is -2.24. The molecule has 0 bridgehead atoms. The standard InChI is InChI=1S/C53H33N3OS/c1-2-12-32(13-3-1)34-24-27-35(28-25-34)51-54-52(37-29-26-33-14-4-5-15-36(33)30-37)56-53(55-51)43-21-11-22-46-48(43)42-20-10-19-40(49(42)57-46)44-31-45-39-17-8-9-23-47(39)58-50(45)41-18-7-6-16-38(41)44/h1-31,51H,(H,54,55,56). The molecule has 11 aromatic rings. The van der Waals surface area contributed by atoms with Gasteiger partial charge in [-0.05, 0) is 62.7 Å². The molecule has 3 heterocycles. The summed E-state index contributed by atoms with van der Waals surface area (Å²) in [5.74, 6) is 1.44. The van der Waals surface area contributed by atoms with Crippen molar-refractivity contribution in [3.63, 3.8) is 0 Å². The lowest BCUT2D eigenvalue weighted by molar-refractivity contribution is 0.669. The summed E-state index contributed by atoms with van der Waals surface area (Å²) < 4.78 is 9.52. The monoisotopic (exact) mass is 759 g/mol. The van der Waals surface area contributed by atoms with Gasteiger partial charge >= 0.3 is 0 Å². The van der Waals surface area contributed by atoms with Gasteiger partial charge in [0, 0.05) is 53.0 Å². The van der Waals surface area contributed by atoms with Crippen molar-refractivity contribution in [2.75, 3.05) is 0 Å². The van der Waals surface area contributed by atoms with Crippen molar-refractivity contribution in [3.05, 3.63) is 205 Å². The van der Waals surface area contributed by atoms with Crippen LogP contribution in [-0.2, 0) is 0 Å². The fourth-order valence-corrected chi connectivity index (χ4v) is 9.95. The maximum Gasteiger partial charge on any atom is 0.160 e. The van der Waals surface area contributed by atoms with Crippen LogP contribution in [0.5, 0.6) is 0 Å². The van der Waals surface area contributed by atoms with Gasteiger partial charge in [-0.1, -0.05) is 164 Å². The van der Waals surface area contributed by atoms with Crippen molar-refractivity contribution in [2.45, 2.75) is 6.17 Å². The van der Waals surface area contributed by atoms with E-state index in [1.54, 1.807) is 0 Å². The van der Waals surface area contributed by atoms with Crippen molar-refractivity contribution in [1.82, 2.24) is 5.32 Å². The molecule has 0 amide bonds. The SMILES string of the molecule is c1ccc(-c2ccc(C3N=C(c4cccc5oc6c(-c7cc8c9ccccc9sc8c8ccccc78)cccc6c45)N=C(c4ccc5ccccc5c4)N3)cc2)cc1. The first kappa shape index (κ1) is 32.9. The zero-order valence-electron chi connectivity index (χ0n) is 31.2. The number of thiophene rings is 1. The van der Waals surface area contributed by atoms with E-state index in [0.29, 0.717) is 5.84 Å². The second-order valence-electron chi connectivity index (χ2n) is 14.9. The number of benzene rings is 9. The summed E-state index contributed by atoms with van der Waals surface area (Å²) in [6.45, 7) is 0. The second-order valence-corrected chi connectivity index (χ2v) is 16.0. The van der Waals surface area contributed by atoms with E-state index in [9.17, 15) is 0 Å². The summed E-state index contributed by atoms with van der Waals surface area (Å²) in [5.41, 5.74) is 9.23. The van der Waals surface area contributed by atoms with Gasteiger partial charge in [-0.25, -0.2) is 9.98 Å². The minimum Gasteiger partial charge on any atom is -0.455 e. The van der Waals surface area contributed by atoms with Crippen LogP contribution < -0.4 is 5.32 Å². The van der Waals surface area contributed by atoms with E-state index in [4.69, 9.17) is 14.4 Å². The van der Waals surface area contributed by atoms with Crippen molar-refractivity contribution in [1.29, 1.82) is 0 Å². The van der Waals surface area contributed by atoms with Gasteiger partial charge in [0.25, 0.3) is 0 Å². The number of rotatable bonds is 5. The van der Waals surface area contributed by atoms with Crippen molar-refractivity contribution in [3.8, 4) is 22.3 Å². The fraction of sp³-hybridized carbons (Fsp3) is 0.0189. The first-order valence-electron chi connectivity index (χ1n) is 19.6. The van der Waals surface area contributed by atoms with Crippen LogP contribution in [0, 0.1) is 0 Å². The van der Waals surface area contributed by atoms with Gasteiger partial charge in [0.1, 0.15) is 23.2 Å². The summed E-state index contributed by atoms with van der Waals surface area (Å²) in [7, 11) is 0. The van der Waals surface area contributed by atoms with Crippen LogP contribution >= 0.6 is 11.3 Å². The molecule has 1 N–H and O–H groups in total. The van der Waals surface area contributed by atoms with E-state index in [1.807, 2.05) is 17.4 Å². The molecular weight excluding hydrogens is 727 g/mol. The van der Waals surface area contributed by atoms with Gasteiger partial charge in [0.2, 0.25) is 0 Å². The average Bonchev–Trinajstić information content (AvgIpc) is 3.88. The molecule has 272 valence electrons. The Labute approximate surface area is 338 Å². The molecule has 0 saturated carbocycles. The van der Waals surface area contributed by atoms with Gasteiger partial charge in [-0.15, -0.1) is 11.3 Å². The first-order chi connectivity index (χ1) is 28.7. The van der Waals surface area contributed by atoms with Gasteiger partial charge in [-0.2, -0.15) is 0 Å². The normalized spacial score (nSPS) is 14.4. The van der Waals surface area contributed by atoms with Crippen LogP contribution in [0.15, 0.2) is 202 Å². The van der Waals surface area contributed by atoms with Crippen molar-refractivity contribution < 1.29 is 4.42 Å². The third-order valence-corrected chi connectivity index (χ3v) is 12.8. The Kier molecular flexibility index (Phi) is 7.43. The predicted molar refractivity (Wildman–Crippen MR) is 244 cm³/mol. The number of hydrogen-bond donors (Lipinski definition) is 1. The molecule has 0 radical (unpaired) electrons. The molecule has 0 saturated heterocycles. The Balaban J connectivity index is 1.05. The maximum atomic E-state index is 6.91. The highest BCUT2D eigenvalue weighted by Crippen LogP contribution is 2.45. The number of para-hydroxylation sites is 1. The molecule has 2 aromatic heterocycles. The number of aliphatic imine (C=N–C) groups is 2. The van der Waals surface area contributed by atoms with Crippen molar-refractivity contribution in [2.24, 2.45) is 9.98 Å². The van der Waals surface area contributed by atoms with E-state index in [2.05, 4.69) is 187 Å². The van der Waals surface area contributed by atoms with Crippen LogP contribution in [0.1, 0.15) is 22.9 Å². The molecule has 5 heteroatoms. The average molecular weight is 760 g/mol. The molecule has 0 aliphatic carbocycles. The van der Waals surface area contributed by atoms with Crippen molar-refractivity contribution >= 4 is 86.7 Å². The van der Waals surface area contributed by atoms with Gasteiger partial charge < -0.3 is 9.73 Å². The minimum atomic E-state index is -0.360. The molecule has 1 unspecified atom stereocenters. The molecule has 1 atom stereocenters. The Morgan fingerprint density at radius 1 is 0.483 bits per heavy atom. The lowest BCUT2D eigenvalue weighted by Crippen LogP contribution is -2.33. The quantitative estimate of drug-likeness (QED) is 0.190. The van der Waals surface area contributed by atoms with E-state index in [0.717, 1.165) is 66.5 Å². The van der Waals surface area contributed by atoms with Crippen LogP contribution in [0.25, 0.3) is 85.9 Å². The number of nitrogens with one attached hydrogen (secondary N) is 1. The fourth-order valence-electron chi connectivity index (χ4n) is 8.73. The highest BCUT2D eigenvalue weighted by atomic mass is 32.1. The van der Waals surface area contributed by atoms with E-state index >= 15 is 0 Å². The Morgan fingerprint density at radius 2 is 1.17 bits per heavy atom. The molecule has 58 heavy (non-hydrogen) atoms. The molecule has 1 aliphatic rings. The Bertz CT molecular complexity index is 3490. The first-order valence-corrected chi connectivity index (χ1v) is 20.4.